The Hall–Kier alpha value is 0.510. The fourth-order valence-electron chi connectivity index (χ4n) is 0.903. The number of nitrogens with zero attached hydrogens (tertiary/aromatic N) is 2. The summed E-state index contributed by atoms with van der Waals surface area (Å²) in [7, 11) is 0. The molecule has 0 bridgehead atoms. The SMILES string of the molecule is ClCc1nnc(-c2cc(Br)sc2Br)s1. The Labute approximate surface area is 111 Å². The van der Waals surface area contributed by atoms with Gasteiger partial charge in [-0.3, -0.25) is 0 Å². The van der Waals surface area contributed by atoms with E-state index >= 15 is 0 Å². The molecule has 0 aromatic carbocycles. The molecule has 0 aliphatic heterocycles. The van der Waals surface area contributed by atoms with Crippen LogP contribution in [0.3, 0.4) is 0 Å². The molecule has 0 aliphatic carbocycles. The van der Waals surface area contributed by atoms with E-state index in [9.17, 15) is 0 Å². The van der Waals surface area contributed by atoms with Crippen LogP contribution in [-0.4, -0.2) is 10.2 Å². The van der Waals surface area contributed by atoms with Gasteiger partial charge in [0, 0.05) is 5.56 Å². The average molecular weight is 375 g/mol. The van der Waals surface area contributed by atoms with Gasteiger partial charge >= 0.3 is 0 Å². The normalized spacial score (nSPS) is 10.8. The van der Waals surface area contributed by atoms with Crippen molar-refractivity contribution >= 4 is 66.1 Å². The van der Waals surface area contributed by atoms with Crippen molar-refractivity contribution in [3.05, 3.63) is 18.6 Å². The molecule has 0 N–H and O–H groups in total. The summed E-state index contributed by atoms with van der Waals surface area (Å²) in [6, 6.07) is 2.02. The lowest BCUT2D eigenvalue weighted by atomic mass is 10.4. The fourth-order valence-corrected chi connectivity index (χ4v) is 4.83. The monoisotopic (exact) mass is 372 g/mol. The molecule has 0 saturated heterocycles. The smallest absolute Gasteiger partial charge is 0.142 e. The first-order valence-corrected chi connectivity index (χ1v) is 7.29. The predicted molar refractivity (Wildman–Crippen MR) is 68.2 cm³/mol. The van der Waals surface area contributed by atoms with E-state index in [1.165, 1.54) is 11.3 Å². The Bertz CT molecular complexity index is 454. The Balaban J connectivity index is 2.43. The van der Waals surface area contributed by atoms with Crippen molar-refractivity contribution in [3.63, 3.8) is 0 Å². The predicted octanol–water partition coefficient (Wildman–Crippen LogP) is 4.53. The van der Waals surface area contributed by atoms with Crippen LogP contribution in [0.25, 0.3) is 10.6 Å². The van der Waals surface area contributed by atoms with Crippen molar-refractivity contribution in [1.82, 2.24) is 10.2 Å². The van der Waals surface area contributed by atoms with E-state index < -0.39 is 0 Å². The second-order valence-corrected chi connectivity index (χ2v) is 7.45. The van der Waals surface area contributed by atoms with E-state index in [1.54, 1.807) is 11.3 Å². The number of thiophene rings is 1. The topological polar surface area (TPSA) is 25.8 Å². The van der Waals surface area contributed by atoms with Crippen LogP contribution in [0.4, 0.5) is 0 Å². The lowest BCUT2D eigenvalue weighted by Gasteiger charge is -1.87. The van der Waals surface area contributed by atoms with Crippen LogP contribution in [0.2, 0.25) is 0 Å². The Morgan fingerprint density at radius 1 is 1.29 bits per heavy atom. The summed E-state index contributed by atoms with van der Waals surface area (Å²) in [5.41, 5.74) is 1.07. The number of aromatic nitrogens is 2. The van der Waals surface area contributed by atoms with Gasteiger partial charge in [0.15, 0.2) is 0 Å². The summed E-state index contributed by atoms with van der Waals surface area (Å²) in [6.45, 7) is 0. The summed E-state index contributed by atoms with van der Waals surface area (Å²) in [4.78, 5) is 0. The van der Waals surface area contributed by atoms with Crippen molar-refractivity contribution in [2.45, 2.75) is 5.88 Å². The fraction of sp³-hybridized carbons (Fsp3) is 0.143. The van der Waals surface area contributed by atoms with Gasteiger partial charge in [-0.25, -0.2) is 0 Å². The second-order valence-electron chi connectivity index (χ2n) is 2.37. The van der Waals surface area contributed by atoms with Gasteiger partial charge in [0.25, 0.3) is 0 Å². The van der Waals surface area contributed by atoms with Crippen LogP contribution in [0.5, 0.6) is 0 Å². The quantitative estimate of drug-likeness (QED) is 0.722. The van der Waals surface area contributed by atoms with Crippen LogP contribution in [-0.2, 0) is 5.88 Å². The highest BCUT2D eigenvalue weighted by molar-refractivity contribution is 9.12. The van der Waals surface area contributed by atoms with Gasteiger partial charge in [-0.2, -0.15) is 0 Å². The minimum atomic E-state index is 0.417. The van der Waals surface area contributed by atoms with E-state index in [0.29, 0.717) is 5.88 Å². The molecule has 0 aliphatic rings. The molecular formula is C7H3Br2ClN2S2. The first-order valence-electron chi connectivity index (χ1n) is 3.54. The third-order valence-corrected chi connectivity index (χ3v) is 5.18. The van der Waals surface area contributed by atoms with Gasteiger partial charge in [0.1, 0.15) is 10.0 Å². The highest BCUT2D eigenvalue weighted by Crippen LogP contribution is 2.39. The number of rotatable bonds is 2. The Morgan fingerprint density at radius 3 is 2.57 bits per heavy atom. The van der Waals surface area contributed by atoms with Crippen molar-refractivity contribution in [2.24, 2.45) is 0 Å². The van der Waals surface area contributed by atoms with Gasteiger partial charge in [-0.05, 0) is 37.9 Å². The molecule has 0 amide bonds. The van der Waals surface area contributed by atoms with Crippen LogP contribution in [0, 0.1) is 0 Å². The summed E-state index contributed by atoms with van der Waals surface area (Å²) in [5.74, 6) is 0.417. The molecule has 0 radical (unpaired) electrons. The van der Waals surface area contributed by atoms with Gasteiger partial charge in [0.2, 0.25) is 0 Å². The zero-order valence-corrected chi connectivity index (χ0v) is 12.2. The van der Waals surface area contributed by atoms with Crippen molar-refractivity contribution in [1.29, 1.82) is 0 Å². The molecule has 14 heavy (non-hydrogen) atoms. The Kier molecular flexibility index (Phi) is 3.59. The first kappa shape index (κ1) is 11.0. The maximum atomic E-state index is 5.66. The lowest BCUT2D eigenvalue weighted by molar-refractivity contribution is 1.04. The van der Waals surface area contributed by atoms with Gasteiger partial charge in [0.05, 0.1) is 13.5 Å². The summed E-state index contributed by atoms with van der Waals surface area (Å²) >= 11 is 15.7. The van der Waals surface area contributed by atoms with Crippen molar-refractivity contribution < 1.29 is 0 Å². The molecular weight excluding hydrogens is 371 g/mol. The zero-order chi connectivity index (χ0) is 10.1. The van der Waals surface area contributed by atoms with E-state index in [2.05, 4.69) is 42.1 Å². The van der Waals surface area contributed by atoms with E-state index in [1.807, 2.05) is 6.07 Å². The summed E-state index contributed by atoms with van der Waals surface area (Å²) in [6.07, 6.45) is 0. The molecule has 0 fully saturated rings. The largest absolute Gasteiger partial charge is 0.149 e. The minimum absolute atomic E-state index is 0.417. The van der Waals surface area contributed by atoms with E-state index in [4.69, 9.17) is 11.6 Å². The summed E-state index contributed by atoms with van der Waals surface area (Å²) in [5, 5.41) is 9.78. The minimum Gasteiger partial charge on any atom is -0.142 e. The van der Waals surface area contributed by atoms with Gasteiger partial charge in [-0.15, -0.1) is 33.1 Å². The van der Waals surface area contributed by atoms with E-state index in [-0.39, 0.29) is 0 Å². The first-order chi connectivity index (χ1) is 6.70. The maximum Gasteiger partial charge on any atom is 0.149 e. The van der Waals surface area contributed by atoms with Gasteiger partial charge < -0.3 is 0 Å². The zero-order valence-electron chi connectivity index (χ0n) is 6.63. The molecule has 2 nitrogen and oxygen atoms in total. The molecule has 0 spiro atoms. The van der Waals surface area contributed by atoms with Crippen molar-refractivity contribution in [2.75, 3.05) is 0 Å². The highest BCUT2D eigenvalue weighted by Gasteiger charge is 2.12. The third kappa shape index (κ3) is 2.19. The number of hydrogen-bond donors (Lipinski definition) is 0. The average Bonchev–Trinajstić information content (AvgIpc) is 2.71. The van der Waals surface area contributed by atoms with Crippen LogP contribution in [0.15, 0.2) is 13.6 Å². The molecule has 74 valence electrons. The standard InChI is InChI=1S/C7H3Br2ClN2S2/c8-4-1-3(6(9)13-4)7-12-11-5(2-10)14-7/h1H,2H2. The molecule has 2 rings (SSSR count). The number of hydrogen-bond acceptors (Lipinski definition) is 4. The third-order valence-electron chi connectivity index (χ3n) is 1.47. The highest BCUT2D eigenvalue weighted by atomic mass is 79.9. The molecule has 0 atom stereocenters. The molecule has 2 aromatic heterocycles. The maximum absolute atomic E-state index is 5.66. The molecule has 0 saturated carbocycles. The number of alkyl halides is 1. The Morgan fingerprint density at radius 2 is 2.07 bits per heavy atom. The van der Waals surface area contributed by atoms with Crippen molar-refractivity contribution in [3.8, 4) is 10.6 Å². The van der Waals surface area contributed by atoms with Crippen LogP contribution < -0.4 is 0 Å². The molecule has 2 aromatic rings. The second kappa shape index (κ2) is 4.57. The molecule has 2 heterocycles. The van der Waals surface area contributed by atoms with Crippen LogP contribution >= 0.6 is 66.1 Å². The van der Waals surface area contributed by atoms with Crippen LogP contribution in [0.1, 0.15) is 5.01 Å². The summed E-state index contributed by atoms with van der Waals surface area (Å²) < 4.78 is 2.13. The molecule has 7 heteroatoms. The van der Waals surface area contributed by atoms with Gasteiger partial charge in [-0.1, -0.05) is 11.3 Å². The molecule has 0 unspecified atom stereocenters. The van der Waals surface area contributed by atoms with E-state index in [0.717, 1.165) is 23.2 Å². The number of halogens is 3. The lowest BCUT2D eigenvalue weighted by Crippen LogP contribution is -1.74.